The molecule has 1 fully saturated rings. The van der Waals surface area contributed by atoms with E-state index in [1.165, 1.54) is 13.2 Å². The highest BCUT2D eigenvalue weighted by atomic mass is 16.6. The topological polar surface area (TPSA) is 52.6 Å². The van der Waals surface area contributed by atoms with Crippen LogP contribution in [0.5, 0.6) is 0 Å². The van der Waals surface area contributed by atoms with Crippen molar-refractivity contribution < 1.29 is 19.1 Å². The Hall–Kier alpha value is -1.32. The maximum absolute atomic E-state index is 11.9. The van der Waals surface area contributed by atoms with Gasteiger partial charge in [0.25, 0.3) is 0 Å². The molecule has 0 aliphatic heterocycles. The Morgan fingerprint density at radius 3 is 2.38 bits per heavy atom. The van der Waals surface area contributed by atoms with Gasteiger partial charge >= 0.3 is 11.9 Å². The van der Waals surface area contributed by atoms with Gasteiger partial charge in [-0.2, -0.15) is 0 Å². The van der Waals surface area contributed by atoms with E-state index < -0.39 is 17.4 Å². The third-order valence-corrected chi connectivity index (χ3v) is 3.01. The fourth-order valence-corrected chi connectivity index (χ4v) is 2.12. The molecule has 0 bridgehead atoms. The summed E-state index contributed by atoms with van der Waals surface area (Å²) in [5.41, 5.74) is -1.07. The van der Waals surface area contributed by atoms with Crippen LogP contribution in [0.25, 0.3) is 0 Å². The van der Waals surface area contributed by atoms with E-state index in [0.717, 1.165) is 19.3 Å². The monoisotopic (exact) mass is 226 g/mol. The van der Waals surface area contributed by atoms with Crippen molar-refractivity contribution in [1.29, 1.82) is 0 Å². The summed E-state index contributed by atoms with van der Waals surface area (Å²) >= 11 is 0. The Morgan fingerprint density at radius 1 is 1.25 bits per heavy atom. The highest BCUT2D eigenvalue weighted by molar-refractivity contribution is 6.00. The molecule has 90 valence electrons. The van der Waals surface area contributed by atoms with Crippen molar-refractivity contribution >= 4 is 11.9 Å². The lowest BCUT2D eigenvalue weighted by Crippen LogP contribution is -2.43. The van der Waals surface area contributed by atoms with E-state index in [2.05, 4.69) is 6.58 Å². The molecule has 1 aliphatic carbocycles. The largest absolute Gasteiger partial charge is 0.468 e. The lowest BCUT2D eigenvalue weighted by atomic mass is 9.74. The highest BCUT2D eigenvalue weighted by Crippen LogP contribution is 2.38. The van der Waals surface area contributed by atoms with Gasteiger partial charge in [-0.3, -0.25) is 9.59 Å². The predicted molar refractivity (Wildman–Crippen MR) is 58.7 cm³/mol. The second-order valence-electron chi connectivity index (χ2n) is 4.02. The van der Waals surface area contributed by atoms with Gasteiger partial charge in [-0.25, -0.2) is 0 Å². The van der Waals surface area contributed by atoms with Gasteiger partial charge in [-0.1, -0.05) is 31.9 Å². The first-order chi connectivity index (χ1) is 7.67. The fourth-order valence-electron chi connectivity index (χ4n) is 2.12. The minimum atomic E-state index is -1.07. The minimum absolute atomic E-state index is 0.136. The molecule has 0 amide bonds. The molecule has 4 heteroatoms. The SMILES string of the molecule is C=CCOC(=O)C1(C(=O)OC)CCCCC1. The van der Waals surface area contributed by atoms with Crippen molar-refractivity contribution in [3.05, 3.63) is 12.7 Å². The fraction of sp³-hybridized carbons (Fsp3) is 0.667. The molecule has 16 heavy (non-hydrogen) atoms. The first kappa shape index (κ1) is 12.7. The number of carbonyl (C=O) groups excluding carboxylic acids is 2. The van der Waals surface area contributed by atoms with Crippen LogP contribution in [-0.2, 0) is 19.1 Å². The number of carbonyl (C=O) groups is 2. The molecule has 0 saturated heterocycles. The Balaban J connectivity index is 2.80. The van der Waals surface area contributed by atoms with Gasteiger partial charge in [-0.05, 0) is 12.8 Å². The molecule has 0 N–H and O–H groups in total. The Kier molecular flexibility index (Phi) is 4.52. The van der Waals surface area contributed by atoms with E-state index in [1.807, 2.05) is 0 Å². The Labute approximate surface area is 95.6 Å². The van der Waals surface area contributed by atoms with E-state index in [1.54, 1.807) is 0 Å². The maximum Gasteiger partial charge on any atom is 0.323 e. The second kappa shape index (κ2) is 5.68. The number of ether oxygens (including phenoxy) is 2. The van der Waals surface area contributed by atoms with Gasteiger partial charge in [0.1, 0.15) is 6.61 Å². The average molecular weight is 226 g/mol. The van der Waals surface area contributed by atoms with Gasteiger partial charge in [0.2, 0.25) is 0 Å². The van der Waals surface area contributed by atoms with Crippen LogP contribution in [0.4, 0.5) is 0 Å². The molecule has 0 atom stereocenters. The van der Waals surface area contributed by atoms with Gasteiger partial charge in [0, 0.05) is 0 Å². The smallest absolute Gasteiger partial charge is 0.323 e. The van der Waals surface area contributed by atoms with Crippen LogP contribution in [0.15, 0.2) is 12.7 Å². The zero-order valence-electron chi connectivity index (χ0n) is 9.66. The van der Waals surface area contributed by atoms with Crippen molar-refractivity contribution in [2.45, 2.75) is 32.1 Å². The molecule has 1 saturated carbocycles. The summed E-state index contributed by atoms with van der Waals surface area (Å²) in [6.07, 6.45) is 5.31. The molecule has 0 heterocycles. The van der Waals surface area contributed by atoms with Gasteiger partial charge < -0.3 is 9.47 Å². The van der Waals surface area contributed by atoms with Gasteiger partial charge in [0.15, 0.2) is 5.41 Å². The summed E-state index contributed by atoms with van der Waals surface area (Å²) in [7, 11) is 1.31. The van der Waals surface area contributed by atoms with Crippen LogP contribution in [0.2, 0.25) is 0 Å². The van der Waals surface area contributed by atoms with Gasteiger partial charge in [0.05, 0.1) is 7.11 Å². The molecule has 1 rings (SSSR count). The first-order valence-electron chi connectivity index (χ1n) is 5.54. The zero-order chi connectivity index (χ0) is 12.0. The maximum atomic E-state index is 11.9. The van der Waals surface area contributed by atoms with Crippen molar-refractivity contribution in [2.75, 3.05) is 13.7 Å². The number of esters is 2. The number of hydrogen-bond acceptors (Lipinski definition) is 4. The Morgan fingerprint density at radius 2 is 1.88 bits per heavy atom. The van der Waals surface area contributed by atoms with Crippen LogP contribution in [0.3, 0.4) is 0 Å². The summed E-state index contributed by atoms with van der Waals surface area (Å²) in [5.74, 6) is -0.944. The first-order valence-corrected chi connectivity index (χ1v) is 5.54. The molecular formula is C12H18O4. The summed E-state index contributed by atoms with van der Waals surface area (Å²) in [4.78, 5) is 23.7. The highest BCUT2D eigenvalue weighted by Gasteiger charge is 2.48. The van der Waals surface area contributed by atoms with Crippen molar-refractivity contribution in [3.63, 3.8) is 0 Å². The lowest BCUT2D eigenvalue weighted by molar-refractivity contribution is -0.172. The summed E-state index contributed by atoms with van der Waals surface area (Å²) in [6, 6.07) is 0. The molecule has 0 aromatic rings. The molecule has 4 nitrogen and oxygen atoms in total. The van der Waals surface area contributed by atoms with Gasteiger partial charge in [-0.15, -0.1) is 0 Å². The van der Waals surface area contributed by atoms with Crippen LogP contribution in [0, 0.1) is 5.41 Å². The average Bonchev–Trinajstić information content (AvgIpc) is 2.35. The molecule has 0 aromatic heterocycles. The van der Waals surface area contributed by atoms with Crippen LogP contribution < -0.4 is 0 Å². The molecule has 1 aliphatic rings. The molecule has 0 aromatic carbocycles. The summed E-state index contributed by atoms with van der Waals surface area (Å²) in [6.45, 7) is 3.61. The molecule has 0 radical (unpaired) electrons. The zero-order valence-corrected chi connectivity index (χ0v) is 9.66. The van der Waals surface area contributed by atoms with Crippen molar-refractivity contribution in [2.24, 2.45) is 5.41 Å². The van der Waals surface area contributed by atoms with Crippen LogP contribution in [-0.4, -0.2) is 25.7 Å². The number of rotatable bonds is 4. The van der Waals surface area contributed by atoms with Crippen molar-refractivity contribution in [3.8, 4) is 0 Å². The van der Waals surface area contributed by atoms with Crippen molar-refractivity contribution in [1.82, 2.24) is 0 Å². The van der Waals surface area contributed by atoms with E-state index >= 15 is 0 Å². The third kappa shape index (κ3) is 2.43. The van der Waals surface area contributed by atoms with E-state index in [-0.39, 0.29) is 6.61 Å². The molecule has 0 unspecified atom stereocenters. The molecule has 0 spiro atoms. The van der Waals surface area contributed by atoms with E-state index in [9.17, 15) is 9.59 Å². The number of hydrogen-bond donors (Lipinski definition) is 0. The Bertz CT molecular complexity index is 277. The van der Waals surface area contributed by atoms with E-state index in [0.29, 0.717) is 12.8 Å². The lowest BCUT2D eigenvalue weighted by Gasteiger charge is -2.31. The standard InChI is InChI=1S/C12H18O4/c1-3-9-16-11(14)12(10(13)15-2)7-5-4-6-8-12/h3H,1,4-9H2,2H3. The second-order valence-corrected chi connectivity index (χ2v) is 4.02. The van der Waals surface area contributed by atoms with Crippen LogP contribution >= 0.6 is 0 Å². The normalized spacial score (nSPS) is 18.6. The molecular weight excluding hydrogens is 208 g/mol. The summed E-state index contributed by atoms with van der Waals surface area (Å²) < 4.78 is 9.73. The van der Waals surface area contributed by atoms with E-state index in [4.69, 9.17) is 9.47 Å². The predicted octanol–water partition coefficient (Wildman–Crippen LogP) is 1.84. The summed E-state index contributed by atoms with van der Waals surface area (Å²) in [5, 5.41) is 0. The number of methoxy groups -OCH3 is 1. The van der Waals surface area contributed by atoms with Crippen LogP contribution in [0.1, 0.15) is 32.1 Å². The quantitative estimate of drug-likeness (QED) is 0.417. The third-order valence-electron chi connectivity index (χ3n) is 3.01. The minimum Gasteiger partial charge on any atom is -0.468 e.